The molecule has 1 aliphatic carbocycles. The Balaban J connectivity index is 2.61. The van der Waals surface area contributed by atoms with Gasteiger partial charge in [0, 0.05) is 6.20 Å². The van der Waals surface area contributed by atoms with Crippen LogP contribution in [-0.4, -0.2) is 11.9 Å². The predicted molar refractivity (Wildman–Crippen MR) is 47.1 cm³/mol. The highest BCUT2D eigenvalue weighted by molar-refractivity contribution is 6.00. The molecule has 0 unspecified atom stereocenters. The number of aliphatic imine (C=N–C) groups is 1. The number of rotatable bonds is 2. The van der Waals surface area contributed by atoms with Gasteiger partial charge in [0.15, 0.2) is 0 Å². The highest BCUT2D eigenvalue weighted by atomic mass is 14.9. The molecule has 4 nitrogen and oxygen atoms in total. The fraction of sp³-hybridized carbons (Fsp3) is 0.500. The molecule has 0 aromatic carbocycles. The molecule has 1 saturated carbocycles. The molecule has 0 saturated heterocycles. The first-order valence-corrected chi connectivity index (χ1v) is 3.93. The van der Waals surface area contributed by atoms with E-state index in [1.165, 1.54) is 12.6 Å². The van der Waals surface area contributed by atoms with Gasteiger partial charge in [0.2, 0.25) is 0 Å². The van der Waals surface area contributed by atoms with E-state index in [-0.39, 0.29) is 11.4 Å². The summed E-state index contributed by atoms with van der Waals surface area (Å²) in [5, 5.41) is 8.54. The molecular weight excluding hydrogens is 152 g/mol. The Kier molecular flexibility index (Phi) is 2.70. The first-order chi connectivity index (χ1) is 5.77. The maximum Gasteiger partial charge on any atom is 0.138 e. The third-order valence-electron chi connectivity index (χ3n) is 1.96. The average molecular weight is 164 g/mol. The van der Waals surface area contributed by atoms with Crippen LogP contribution in [0, 0.1) is 11.3 Å². The summed E-state index contributed by atoms with van der Waals surface area (Å²) in [5.74, 6) is 0.268. The van der Waals surface area contributed by atoms with Crippen LogP contribution >= 0.6 is 0 Å². The predicted octanol–water partition coefficient (Wildman–Crippen LogP) is 0.262. The summed E-state index contributed by atoms with van der Waals surface area (Å²) in [6, 6.07) is 2.20. The molecule has 4 N–H and O–H groups in total. The molecule has 0 aromatic rings. The van der Waals surface area contributed by atoms with Gasteiger partial charge >= 0.3 is 0 Å². The summed E-state index contributed by atoms with van der Waals surface area (Å²) in [4.78, 5) is 4.15. The third-order valence-corrected chi connectivity index (χ3v) is 1.96. The molecule has 1 rings (SSSR count). The van der Waals surface area contributed by atoms with Gasteiger partial charge in [0.05, 0.1) is 6.04 Å². The summed E-state index contributed by atoms with van der Waals surface area (Å²) >= 11 is 0. The van der Waals surface area contributed by atoms with Crippen LogP contribution in [0.4, 0.5) is 0 Å². The van der Waals surface area contributed by atoms with E-state index in [9.17, 15) is 0 Å². The Morgan fingerprint density at radius 3 is 2.58 bits per heavy atom. The Morgan fingerprint density at radius 1 is 1.58 bits per heavy atom. The van der Waals surface area contributed by atoms with Crippen molar-refractivity contribution >= 4 is 5.84 Å². The Morgan fingerprint density at radius 2 is 2.25 bits per heavy atom. The van der Waals surface area contributed by atoms with Crippen molar-refractivity contribution < 1.29 is 0 Å². The summed E-state index contributed by atoms with van der Waals surface area (Å²) in [6.07, 6.45) is 4.54. The smallest absolute Gasteiger partial charge is 0.138 e. The first-order valence-electron chi connectivity index (χ1n) is 3.93. The fourth-order valence-electron chi connectivity index (χ4n) is 0.962. The Bertz CT molecular complexity index is 255. The van der Waals surface area contributed by atoms with Crippen molar-refractivity contribution in [3.63, 3.8) is 0 Å². The Labute approximate surface area is 71.6 Å². The number of hydrogen-bond donors (Lipinski definition) is 2. The minimum absolute atomic E-state index is 0.266. The SMILES string of the molecule is N#CC(=CN)C(N)=NC1CCC1. The second kappa shape index (κ2) is 3.77. The minimum atomic E-state index is 0.266. The van der Waals surface area contributed by atoms with Crippen LogP contribution in [0.1, 0.15) is 19.3 Å². The summed E-state index contributed by atoms with van der Waals surface area (Å²) in [5.41, 5.74) is 11.0. The van der Waals surface area contributed by atoms with E-state index in [4.69, 9.17) is 16.7 Å². The average Bonchev–Trinajstić information content (AvgIpc) is 1.99. The minimum Gasteiger partial charge on any atom is -0.403 e. The summed E-state index contributed by atoms with van der Waals surface area (Å²) in [6.45, 7) is 0. The van der Waals surface area contributed by atoms with Crippen molar-refractivity contribution in [2.75, 3.05) is 0 Å². The van der Waals surface area contributed by atoms with Gasteiger partial charge in [-0.1, -0.05) is 0 Å². The zero-order chi connectivity index (χ0) is 8.97. The number of hydrogen-bond acceptors (Lipinski definition) is 3. The molecule has 1 aliphatic rings. The van der Waals surface area contributed by atoms with Crippen molar-refractivity contribution in [2.24, 2.45) is 16.5 Å². The Hall–Kier alpha value is -1.50. The van der Waals surface area contributed by atoms with Crippen LogP contribution in [0.5, 0.6) is 0 Å². The van der Waals surface area contributed by atoms with Crippen LogP contribution in [0.15, 0.2) is 16.8 Å². The van der Waals surface area contributed by atoms with Crippen LogP contribution in [0.2, 0.25) is 0 Å². The zero-order valence-electron chi connectivity index (χ0n) is 6.83. The molecule has 0 radical (unpaired) electrons. The molecule has 0 spiro atoms. The van der Waals surface area contributed by atoms with Gasteiger partial charge in [-0.15, -0.1) is 0 Å². The quantitative estimate of drug-likeness (QED) is 0.348. The topological polar surface area (TPSA) is 88.2 Å². The molecule has 0 aliphatic heterocycles. The number of nitrogens with zero attached hydrogens (tertiary/aromatic N) is 2. The molecule has 64 valence electrons. The largest absolute Gasteiger partial charge is 0.403 e. The van der Waals surface area contributed by atoms with Gasteiger partial charge in [0.1, 0.15) is 17.5 Å². The lowest BCUT2D eigenvalue weighted by Gasteiger charge is -2.21. The van der Waals surface area contributed by atoms with Crippen LogP contribution in [0.3, 0.4) is 0 Å². The zero-order valence-corrected chi connectivity index (χ0v) is 6.83. The van der Waals surface area contributed by atoms with Crippen molar-refractivity contribution in [2.45, 2.75) is 25.3 Å². The molecule has 0 bridgehead atoms. The van der Waals surface area contributed by atoms with Gasteiger partial charge in [-0.25, -0.2) is 0 Å². The molecular formula is C8H12N4. The molecule has 4 heteroatoms. The molecule has 0 amide bonds. The highest BCUT2D eigenvalue weighted by Crippen LogP contribution is 2.22. The maximum absolute atomic E-state index is 8.54. The van der Waals surface area contributed by atoms with E-state index >= 15 is 0 Å². The normalized spacial score (nSPS) is 19.9. The van der Waals surface area contributed by atoms with E-state index in [0.717, 1.165) is 12.8 Å². The third kappa shape index (κ3) is 1.76. The summed E-state index contributed by atoms with van der Waals surface area (Å²) in [7, 11) is 0. The lowest BCUT2D eigenvalue weighted by Crippen LogP contribution is -2.23. The van der Waals surface area contributed by atoms with E-state index in [2.05, 4.69) is 4.99 Å². The maximum atomic E-state index is 8.54. The van der Waals surface area contributed by atoms with Gasteiger partial charge in [-0.05, 0) is 19.3 Å². The summed E-state index contributed by atoms with van der Waals surface area (Å²) < 4.78 is 0. The second-order valence-corrected chi connectivity index (χ2v) is 2.79. The van der Waals surface area contributed by atoms with Crippen molar-refractivity contribution in [1.29, 1.82) is 5.26 Å². The number of amidine groups is 1. The van der Waals surface area contributed by atoms with Crippen molar-refractivity contribution in [3.05, 3.63) is 11.8 Å². The lowest BCUT2D eigenvalue weighted by molar-refractivity contribution is 0.420. The molecule has 12 heavy (non-hydrogen) atoms. The van der Waals surface area contributed by atoms with E-state index in [0.29, 0.717) is 6.04 Å². The van der Waals surface area contributed by atoms with Crippen molar-refractivity contribution in [3.8, 4) is 6.07 Å². The standard InChI is InChI=1S/C8H12N4/c9-4-6(5-10)8(11)12-7-2-1-3-7/h4,7H,1-3,9H2,(H2,11,12). The number of nitrogens with two attached hydrogens (primary N) is 2. The lowest BCUT2D eigenvalue weighted by atomic mass is 9.94. The van der Waals surface area contributed by atoms with Crippen LogP contribution in [0.25, 0.3) is 0 Å². The molecule has 0 aromatic heterocycles. The van der Waals surface area contributed by atoms with E-state index in [1.54, 1.807) is 0 Å². The van der Waals surface area contributed by atoms with Gasteiger partial charge in [0.25, 0.3) is 0 Å². The van der Waals surface area contributed by atoms with E-state index < -0.39 is 0 Å². The van der Waals surface area contributed by atoms with Crippen LogP contribution in [-0.2, 0) is 0 Å². The van der Waals surface area contributed by atoms with E-state index in [1.807, 2.05) is 6.07 Å². The monoisotopic (exact) mass is 164 g/mol. The fourth-order valence-corrected chi connectivity index (χ4v) is 0.962. The first kappa shape index (κ1) is 8.60. The highest BCUT2D eigenvalue weighted by Gasteiger charge is 2.16. The van der Waals surface area contributed by atoms with Gasteiger partial charge < -0.3 is 11.5 Å². The van der Waals surface area contributed by atoms with Gasteiger partial charge in [-0.2, -0.15) is 5.26 Å². The molecule has 0 atom stereocenters. The van der Waals surface area contributed by atoms with Gasteiger partial charge in [-0.3, -0.25) is 4.99 Å². The number of nitriles is 1. The van der Waals surface area contributed by atoms with Crippen molar-refractivity contribution in [1.82, 2.24) is 0 Å². The second-order valence-electron chi connectivity index (χ2n) is 2.79. The molecule has 0 heterocycles. The molecule has 1 fully saturated rings. The van der Waals surface area contributed by atoms with Crippen LogP contribution < -0.4 is 11.5 Å².